The third kappa shape index (κ3) is 2.74. The summed E-state index contributed by atoms with van der Waals surface area (Å²) in [6.07, 6.45) is 6.71. The minimum atomic E-state index is -0.396. The van der Waals surface area contributed by atoms with Crippen LogP contribution < -0.4 is 0 Å². The van der Waals surface area contributed by atoms with Crippen LogP contribution in [-0.2, 0) is 19.1 Å². The summed E-state index contributed by atoms with van der Waals surface area (Å²) in [5, 5.41) is 0. The summed E-state index contributed by atoms with van der Waals surface area (Å²) in [5.74, 6) is -0.288. The number of carbonyl (C=O) groups is 2. The highest BCUT2D eigenvalue weighted by Crippen LogP contribution is 2.28. The van der Waals surface area contributed by atoms with Crippen molar-refractivity contribution in [2.24, 2.45) is 0 Å². The van der Waals surface area contributed by atoms with E-state index in [1.54, 1.807) is 17.1 Å². The third-order valence-electron chi connectivity index (χ3n) is 2.71. The van der Waals surface area contributed by atoms with E-state index in [9.17, 15) is 9.59 Å². The van der Waals surface area contributed by atoms with Gasteiger partial charge in [0, 0.05) is 6.08 Å². The summed E-state index contributed by atoms with van der Waals surface area (Å²) >= 11 is 0. The van der Waals surface area contributed by atoms with Crippen LogP contribution in [-0.4, -0.2) is 42.3 Å². The maximum absolute atomic E-state index is 11.2. The van der Waals surface area contributed by atoms with Crippen LogP contribution in [0.15, 0.2) is 24.3 Å². The van der Waals surface area contributed by atoms with Crippen molar-refractivity contribution in [2.75, 3.05) is 13.2 Å². The first-order valence-electron chi connectivity index (χ1n) is 5.61. The van der Waals surface area contributed by atoms with Gasteiger partial charge in [0.2, 0.25) is 5.91 Å². The average molecular weight is 237 g/mol. The number of esters is 1. The summed E-state index contributed by atoms with van der Waals surface area (Å²) in [4.78, 5) is 24.0. The molecule has 0 bridgehead atoms. The lowest BCUT2D eigenvalue weighted by atomic mass is 10.2. The molecule has 2 atom stereocenters. The lowest BCUT2D eigenvalue weighted by Crippen LogP contribution is -2.48. The van der Waals surface area contributed by atoms with E-state index in [1.807, 2.05) is 13.0 Å². The number of amides is 1. The Labute approximate surface area is 99.7 Å². The third-order valence-corrected chi connectivity index (χ3v) is 2.71. The monoisotopic (exact) mass is 237 g/mol. The van der Waals surface area contributed by atoms with Gasteiger partial charge in [0.15, 0.2) is 0 Å². The Kier molecular flexibility index (Phi) is 3.58. The van der Waals surface area contributed by atoms with Gasteiger partial charge in [-0.1, -0.05) is 18.2 Å². The molecule has 2 unspecified atom stereocenters. The molecule has 2 rings (SSSR count). The van der Waals surface area contributed by atoms with Gasteiger partial charge < -0.3 is 14.4 Å². The van der Waals surface area contributed by atoms with Crippen LogP contribution in [0.4, 0.5) is 0 Å². The first-order valence-corrected chi connectivity index (χ1v) is 5.61. The zero-order valence-electron chi connectivity index (χ0n) is 9.67. The van der Waals surface area contributed by atoms with E-state index in [-0.39, 0.29) is 24.8 Å². The van der Waals surface area contributed by atoms with E-state index in [2.05, 4.69) is 0 Å². The standard InChI is InChI=1S/C12H15NO4/c1-2-3-4-5-12(15)16-8-9-7-13-10(14)6-11(13)17-9/h2-5,9,11H,6-8H2,1H3. The van der Waals surface area contributed by atoms with Crippen LogP contribution in [0.3, 0.4) is 0 Å². The number of nitrogens with zero attached hydrogens (tertiary/aromatic N) is 1. The first kappa shape index (κ1) is 11.9. The number of allylic oxidation sites excluding steroid dienone is 3. The molecule has 2 heterocycles. The Morgan fingerprint density at radius 2 is 2.41 bits per heavy atom. The van der Waals surface area contributed by atoms with Gasteiger partial charge >= 0.3 is 5.97 Å². The Bertz CT molecular complexity index is 375. The van der Waals surface area contributed by atoms with E-state index in [0.29, 0.717) is 13.0 Å². The molecule has 2 saturated heterocycles. The number of hydrogen-bond acceptors (Lipinski definition) is 4. The SMILES string of the molecule is CC=CC=CC(=O)OCC1CN2C(=O)CC2O1. The Morgan fingerprint density at radius 3 is 3.06 bits per heavy atom. The lowest BCUT2D eigenvalue weighted by molar-refractivity contribution is -0.158. The maximum atomic E-state index is 11.2. The highest BCUT2D eigenvalue weighted by atomic mass is 16.6. The Hall–Kier alpha value is -1.62. The van der Waals surface area contributed by atoms with Crippen LogP contribution in [0.2, 0.25) is 0 Å². The lowest BCUT2D eigenvalue weighted by Gasteiger charge is -2.31. The minimum Gasteiger partial charge on any atom is -0.460 e. The second kappa shape index (κ2) is 5.14. The number of hydrogen-bond donors (Lipinski definition) is 0. The minimum absolute atomic E-state index is 0.0928. The molecule has 0 aromatic carbocycles. The van der Waals surface area contributed by atoms with Gasteiger partial charge in [-0.2, -0.15) is 0 Å². The zero-order valence-corrected chi connectivity index (χ0v) is 9.67. The van der Waals surface area contributed by atoms with Crippen LogP contribution in [0.25, 0.3) is 0 Å². The second-order valence-electron chi connectivity index (χ2n) is 3.98. The molecule has 92 valence electrons. The summed E-state index contributed by atoms with van der Waals surface area (Å²) in [6, 6.07) is 0. The van der Waals surface area contributed by atoms with Crippen molar-refractivity contribution in [2.45, 2.75) is 25.7 Å². The molecule has 2 aliphatic rings. The smallest absolute Gasteiger partial charge is 0.330 e. The summed E-state index contributed by atoms with van der Waals surface area (Å²) in [6.45, 7) is 2.58. The van der Waals surface area contributed by atoms with Crippen LogP contribution >= 0.6 is 0 Å². The van der Waals surface area contributed by atoms with Crippen molar-refractivity contribution < 1.29 is 19.1 Å². The first-order chi connectivity index (χ1) is 8.20. The summed E-state index contributed by atoms with van der Waals surface area (Å²) in [7, 11) is 0. The maximum Gasteiger partial charge on any atom is 0.330 e. The fourth-order valence-electron chi connectivity index (χ4n) is 1.81. The van der Waals surface area contributed by atoms with Gasteiger partial charge in [-0.3, -0.25) is 4.79 Å². The van der Waals surface area contributed by atoms with Crippen molar-refractivity contribution in [1.29, 1.82) is 0 Å². The molecule has 2 fully saturated rings. The molecular formula is C12H15NO4. The van der Waals surface area contributed by atoms with Crippen LogP contribution in [0, 0.1) is 0 Å². The predicted octanol–water partition coefficient (Wildman–Crippen LogP) is 0.619. The van der Waals surface area contributed by atoms with Crippen LogP contribution in [0.5, 0.6) is 0 Å². The number of carbonyl (C=O) groups excluding carboxylic acids is 2. The molecule has 0 saturated carbocycles. The fourth-order valence-corrected chi connectivity index (χ4v) is 1.81. The van der Waals surface area contributed by atoms with E-state index in [4.69, 9.17) is 9.47 Å². The summed E-state index contributed by atoms with van der Waals surface area (Å²) < 4.78 is 10.5. The van der Waals surface area contributed by atoms with Gasteiger partial charge in [0.1, 0.15) is 18.9 Å². The molecule has 0 aromatic rings. The van der Waals surface area contributed by atoms with Gasteiger partial charge in [0.05, 0.1) is 13.0 Å². The van der Waals surface area contributed by atoms with Crippen molar-refractivity contribution in [1.82, 2.24) is 4.90 Å². The van der Waals surface area contributed by atoms with E-state index >= 15 is 0 Å². The van der Waals surface area contributed by atoms with E-state index in [0.717, 1.165) is 0 Å². The van der Waals surface area contributed by atoms with Gasteiger partial charge in [-0.25, -0.2) is 4.79 Å². The van der Waals surface area contributed by atoms with Gasteiger partial charge in [0.25, 0.3) is 0 Å². The van der Waals surface area contributed by atoms with Crippen LogP contribution in [0.1, 0.15) is 13.3 Å². The van der Waals surface area contributed by atoms with E-state index in [1.165, 1.54) is 6.08 Å². The fraction of sp³-hybridized carbons (Fsp3) is 0.500. The normalized spacial score (nSPS) is 27.6. The average Bonchev–Trinajstić information content (AvgIpc) is 2.64. The van der Waals surface area contributed by atoms with E-state index < -0.39 is 5.97 Å². The van der Waals surface area contributed by atoms with Gasteiger partial charge in [-0.15, -0.1) is 0 Å². The molecule has 0 spiro atoms. The molecule has 2 aliphatic heterocycles. The van der Waals surface area contributed by atoms with Crippen molar-refractivity contribution in [3.05, 3.63) is 24.3 Å². The molecule has 17 heavy (non-hydrogen) atoms. The van der Waals surface area contributed by atoms with Crippen molar-refractivity contribution in [3.8, 4) is 0 Å². The molecular weight excluding hydrogens is 222 g/mol. The molecule has 5 heteroatoms. The quantitative estimate of drug-likeness (QED) is 0.311. The zero-order chi connectivity index (χ0) is 12.3. The molecule has 1 amide bonds. The Balaban J connectivity index is 1.69. The summed E-state index contributed by atoms with van der Waals surface area (Å²) in [5.41, 5.74) is 0. The number of ether oxygens (including phenoxy) is 2. The highest BCUT2D eigenvalue weighted by Gasteiger charge is 2.45. The van der Waals surface area contributed by atoms with Crippen molar-refractivity contribution >= 4 is 11.9 Å². The molecule has 5 nitrogen and oxygen atoms in total. The highest BCUT2D eigenvalue weighted by molar-refractivity contribution is 5.83. The molecule has 0 aliphatic carbocycles. The molecule has 0 aromatic heterocycles. The number of β-lactam (4-membered cyclic amide) rings is 1. The van der Waals surface area contributed by atoms with Crippen molar-refractivity contribution in [3.63, 3.8) is 0 Å². The number of rotatable bonds is 4. The predicted molar refractivity (Wildman–Crippen MR) is 59.9 cm³/mol. The van der Waals surface area contributed by atoms with Gasteiger partial charge in [-0.05, 0) is 6.92 Å². The topological polar surface area (TPSA) is 55.8 Å². The Morgan fingerprint density at radius 1 is 1.59 bits per heavy atom. The number of fused-ring (bicyclic) bond motifs is 1. The molecule has 0 N–H and O–H groups in total. The largest absolute Gasteiger partial charge is 0.460 e. The second-order valence-corrected chi connectivity index (χ2v) is 3.98. The molecule has 0 radical (unpaired) electrons.